The van der Waals surface area contributed by atoms with Crippen molar-refractivity contribution in [3.63, 3.8) is 0 Å². The summed E-state index contributed by atoms with van der Waals surface area (Å²) >= 11 is 0. The second kappa shape index (κ2) is 7.29. The van der Waals surface area contributed by atoms with Gasteiger partial charge in [-0.15, -0.1) is 0 Å². The van der Waals surface area contributed by atoms with E-state index < -0.39 is 11.9 Å². The molecule has 2 heterocycles. The first-order valence-corrected chi connectivity index (χ1v) is 7.77. The average Bonchev–Trinajstić information content (AvgIpc) is 3.30. The molecule has 1 aromatic carbocycles. The Morgan fingerprint density at radius 1 is 1.56 bits per heavy atom. The summed E-state index contributed by atoms with van der Waals surface area (Å²) < 4.78 is 20.1. The number of rotatable bonds is 6. The molecule has 8 nitrogen and oxygen atoms in total. The van der Waals surface area contributed by atoms with Crippen LogP contribution in [-0.4, -0.2) is 46.1 Å². The van der Waals surface area contributed by atoms with Gasteiger partial charge in [-0.1, -0.05) is 5.16 Å². The fraction of sp³-hybridized carbons (Fsp3) is 0.375. The lowest BCUT2D eigenvalue weighted by Gasteiger charge is -2.14. The summed E-state index contributed by atoms with van der Waals surface area (Å²) in [6, 6.07) is 4.15. The summed E-state index contributed by atoms with van der Waals surface area (Å²) in [7, 11) is 1.41. The summed E-state index contributed by atoms with van der Waals surface area (Å²) in [5, 5.41) is 10.7. The van der Waals surface area contributed by atoms with Crippen LogP contribution < -0.4 is 10.1 Å². The Morgan fingerprint density at radius 3 is 3.08 bits per heavy atom. The topological polar surface area (TPSA) is 90.6 Å². The summed E-state index contributed by atoms with van der Waals surface area (Å²) in [5.41, 5.74) is 1.26. The molecule has 9 heteroatoms. The zero-order valence-electron chi connectivity index (χ0n) is 13.8. The van der Waals surface area contributed by atoms with Crippen LogP contribution in [0.1, 0.15) is 24.9 Å². The van der Waals surface area contributed by atoms with Crippen molar-refractivity contribution in [1.82, 2.24) is 20.1 Å². The zero-order valence-corrected chi connectivity index (χ0v) is 13.8. The maximum Gasteiger partial charge on any atom is 0.244 e. The number of hydrogen-bond donors (Lipinski definition) is 1. The third-order valence-corrected chi connectivity index (χ3v) is 3.93. The Balaban J connectivity index is 1.52. The standard InChI is InChI=1S/C16H18FN5O3/c1-10(22-9-18-8-20-22)16(23)19-7-12-6-14(21-25-12)11-3-4-15(24-2)13(17)5-11/h3-5,8-10,12H,6-7H2,1-2H3,(H,19,23). The van der Waals surface area contributed by atoms with E-state index in [2.05, 4.69) is 20.6 Å². The van der Waals surface area contributed by atoms with Crippen LogP contribution >= 0.6 is 0 Å². The summed E-state index contributed by atoms with van der Waals surface area (Å²) in [4.78, 5) is 21.2. The molecule has 2 aromatic rings. The van der Waals surface area contributed by atoms with Crippen molar-refractivity contribution < 1.29 is 18.8 Å². The van der Waals surface area contributed by atoms with Crippen molar-refractivity contribution in [2.45, 2.75) is 25.5 Å². The molecule has 2 atom stereocenters. The van der Waals surface area contributed by atoms with E-state index in [0.29, 0.717) is 24.2 Å². The molecule has 0 bridgehead atoms. The predicted molar refractivity (Wildman–Crippen MR) is 86.7 cm³/mol. The van der Waals surface area contributed by atoms with Crippen molar-refractivity contribution in [3.05, 3.63) is 42.2 Å². The largest absolute Gasteiger partial charge is 0.494 e. The van der Waals surface area contributed by atoms with Gasteiger partial charge in [0.1, 0.15) is 24.8 Å². The first-order chi connectivity index (χ1) is 12.1. The van der Waals surface area contributed by atoms with Crippen molar-refractivity contribution in [2.75, 3.05) is 13.7 Å². The van der Waals surface area contributed by atoms with Gasteiger partial charge in [0.05, 0.1) is 19.4 Å². The molecule has 1 aromatic heterocycles. The van der Waals surface area contributed by atoms with E-state index in [9.17, 15) is 9.18 Å². The van der Waals surface area contributed by atoms with Crippen molar-refractivity contribution in [2.24, 2.45) is 5.16 Å². The molecule has 1 amide bonds. The first-order valence-electron chi connectivity index (χ1n) is 7.77. The number of carbonyl (C=O) groups excluding carboxylic acids is 1. The Morgan fingerprint density at radius 2 is 2.40 bits per heavy atom. The third-order valence-electron chi connectivity index (χ3n) is 3.93. The fourth-order valence-electron chi connectivity index (χ4n) is 2.45. The molecule has 0 radical (unpaired) electrons. The molecule has 0 saturated heterocycles. The first kappa shape index (κ1) is 16.9. The van der Waals surface area contributed by atoms with Crippen LogP contribution in [0.15, 0.2) is 36.0 Å². The average molecular weight is 347 g/mol. The fourth-order valence-corrected chi connectivity index (χ4v) is 2.45. The number of oxime groups is 1. The van der Waals surface area contributed by atoms with Gasteiger partial charge in [0.2, 0.25) is 5.91 Å². The normalized spacial score (nSPS) is 17.6. The van der Waals surface area contributed by atoms with E-state index in [1.54, 1.807) is 19.1 Å². The number of benzene rings is 1. The Bertz CT molecular complexity index is 778. The van der Waals surface area contributed by atoms with Crippen LogP contribution in [0.2, 0.25) is 0 Å². The highest BCUT2D eigenvalue weighted by atomic mass is 19.1. The zero-order chi connectivity index (χ0) is 17.8. The molecule has 1 N–H and O–H groups in total. The molecule has 25 heavy (non-hydrogen) atoms. The summed E-state index contributed by atoms with van der Waals surface area (Å²) in [6.45, 7) is 2.02. The number of nitrogens with zero attached hydrogens (tertiary/aromatic N) is 4. The van der Waals surface area contributed by atoms with Gasteiger partial charge in [0.25, 0.3) is 0 Å². The van der Waals surface area contributed by atoms with E-state index in [1.807, 2.05) is 0 Å². The van der Waals surface area contributed by atoms with Crippen LogP contribution in [-0.2, 0) is 9.63 Å². The van der Waals surface area contributed by atoms with Crippen LogP contribution in [0.25, 0.3) is 0 Å². The van der Waals surface area contributed by atoms with Gasteiger partial charge in [-0.3, -0.25) is 4.79 Å². The maximum atomic E-state index is 13.8. The van der Waals surface area contributed by atoms with Crippen molar-refractivity contribution in [3.8, 4) is 5.75 Å². The lowest BCUT2D eigenvalue weighted by atomic mass is 10.0. The SMILES string of the molecule is COc1ccc(C2=NOC(CNC(=O)C(C)n3cncn3)C2)cc1F. The monoisotopic (exact) mass is 347 g/mol. The van der Waals surface area contributed by atoms with Gasteiger partial charge in [-0.2, -0.15) is 5.10 Å². The maximum absolute atomic E-state index is 13.8. The lowest BCUT2D eigenvalue weighted by Crippen LogP contribution is -2.36. The number of amides is 1. The number of carbonyl (C=O) groups is 1. The molecule has 1 aliphatic rings. The molecule has 0 fully saturated rings. The van der Waals surface area contributed by atoms with Crippen molar-refractivity contribution >= 4 is 11.6 Å². The lowest BCUT2D eigenvalue weighted by molar-refractivity contribution is -0.124. The number of aromatic nitrogens is 3. The highest BCUT2D eigenvalue weighted by Gasteiger charge is 2.24. The van der Waals surface area contributed by atoms with E-state index in [4.69, 9.17) is 9.57 Å². The number of ether oxygens (including phenoxy) is 1. The quantitative estimate of drug-likeness (QED) is 0.850. The molecule has 0 saturated carbocycles. The third kappa shape index (κ3) is 3.76. The highest BCUT2D eigenvalue weighted by molar-refractivity contribution is 6.01. The minimum atomic E-state index is -0.472. The molecule has 0 aliphatic carbocycles. The Labute approximate surface area is 143 Å². The van der Waals surface area contributed by atoms with E-state index in [-0.39, 0.29) is 17.8 Å². The molecule has 132 valence electrons. The van der Waals surface area contributed by atoms with Gasteiger partial charge in [0, 0.05) is 12.0 Å². The van der Waals surface area contributed by atoms with Crippen molar-refractivity contribution in [1.29, 1.82) is 0 Å². The van der Waals surface area contributed by atoms with E-state index in [1.165, 1.54) is 30.5 Å². The van der Waals surface area contributed by atoms with Crippen LogP contribution in [0, 0.1) is 5.82 Å². The van der Waals surface area contributed by atoms with Crippen LogP contribution in [0.3, 0.4) is 0 Å². The highest BCUT2D eigenvalue weighted by Crippen LogP contribution is 2.22. The van der Waals surface area contributed by atoms with Gasteiger partial charge in [0.15, 0.2) is 11.6 Å². The molecule has 1 aliphatic heterocycles. The minimum absolute atomic E-state index is 0.175. The van der Waals surface area contributed by atoms with E-state index >= 15 is 0 Å². The second-order valence-corrected chi connectivity index (χ2v) is 5.62. The minimum Gasteiger partial charge on any atom is -0.494 e. The molecular weight excluding hydrogens is 329 g/mol. The molecule has 3 rings (SSSR count). The van der Waals surface area contributed by atoms with E-state index in [0.717, 1.165) is 0 Å². The molecular formula is C16H18FN5O3. The number of methoxy groups -OCH3 is 1. The summed E-state index contributed by atoms with van der Waals surface area (Å²) in [5.74, 6) is -0.478. The Kier molecular flexibility index (Phi) is 4.92. The van der Waals surface area contributed by atoms with Gasteiger partial charge in [-0.25, -0.2) is 14.1 Å². The Hall–Kier alpha value is -2.97. The number of halogens is 1. The van der Waals surface area contributed by atoms with Gasteiger partial charge >= 0.3 is 0 Å². The van der Waals surface area contributed by atoms with Crippen LogP contribution in [0.5, 0.6) is 5.75 Å². The smallest absolute Gasteiger partial charge is 0.244 e. The van der Waals surface area contributed by atoms with Gasteiger partial charge in [-0.05, 0) is 25.1 Å². The van der Waals surface area contributed by atoms with Crippen LogP contribution in [0.4, 0.5) is 4.39 Å². The number of nitrogens with one attached hydrogen (secondary N) is 1. The summed E-state index contributed by atoms with van der Waals surface area (Å²) in [6.07, 6.45) is 3.03. The van der Waals surface area contributed by atoms with Gasteiger partial charge < -0.3 is 14.9 Å². The molecule has 0 spiro atoms. The number of hydrogen-bond acceptors (Lipinski definition) is 6. The molecule has 2 unspecified atom stereocenters. The second-order valence-electron chi connectivity index (χ2n) is 5.62. The predicted octanol–water partition coefficient (Wildman–Crippen LogP) is 1.30.